The molecule has 2 rings (SSSR count). The first-order valence-corrected chi connectivity index (χ1v) is 6.74. The fraction of sp³-hybridized carbons (Fsp3) is 0.100. The minimum Gasteiger partial charge on any atom is -0.481 e. The normalized spacial score (nSPS) is 10.6. The van der Waals surface area contributed by atoms with Gasteiger partial charge in [-0.2, -0.15) is 0 Å². The third-order valence-corrected chi connectivity index (χ3v) is 3.67. The molecule has 1 aromatic heterocycles. The standard InChI is InChI=1S/C10H8Cl2N4O2S/c11-5-2-1-3-6(12)8(5)16-9(13)14-15-10(16)19-4-7(17)18/h1-3H,4H2,(H2,13,14)(H,17,18). The minimum atomic E-state index is -0.969. The van der Waals surface area contributed by atoms with E-state index in [1.807, 2.05) is 0 Å². The molecule has 2 aromatic rings. The number of nitrogens with zero attached hydrogens (tertiary/aromatic N) is 3. The van der Waals surface area contributed by atoms with Gasteiger partial charge in [-0.15, -0.1) is 10.2 Å². The van der Waals surface area contributed by atoms with Crippen molar-refractivity contribution in [3.05, 3.63) is 28.2 Å². The van der Waals surface area contributed by atoms with E-state index in [4.69, 9.17) is 34.0 Å². The average Bonchev–Trinajstić information content (AvgIpc) is 2.69. The van der Waals surface area contributed by atoms with Crippen LogP contribution in [-0.2, 0) is 4.79 Å². The fourth-order valence-corrected chi connectivity index (χ4v) is 2.65. The summed E-state index contributed by atoms with van der Waals surface area (Å²) in [4.78, 5) is 10.6. The number of hydrogen-bond acceptors (Lipinski definition) is 5. The summed E-state index contributed by atoms with van der Waals surface area (Å²) in [5.74, 6) is -1.05. The van der Waals surface area contributed by atoms with Crippen LogP contribution in [0.5, 0.6) is 0 Å². The third kappa shape index (κ3) is 2.94. The summed E-state index contributed by atoms with van der Waals surface area (Å²) in [6.07, 6.45) is 0. The Kier molecular flexibility index (Phi) is 4.18. The van der Waals surface area contributed by atoms with Gasteiger partial charge < -0.3 is 10.8 Å². The topological polar surface area (TPSA) is 94.0 Å². The van der Waals surface area contributed by atoms with Gasteiger partial charge in [-0.25, -0.2) is 0 Å². The number of carbonyl (C=O) groups is 1. The fourth-order valence-electron chi connectivity index (χ4n) is 1.41. The predicted octanol–water partition coefficient (Wildman–Crippen LogP) is 2.33. The molecule has 6 nitrogen and oxygen atoms in total. The van der Waals surface area contributed by atoms with Gasteiger partial charge in [0, 0.05) is 0 Å². The Morgan fingerprint density at radius 1 is 1.37 bits per heavy atom. The summed E-state index contributed by atoms with van der Waals surface area (Å²) in [7, 11) is 0. The lowest BCUT2D eigenvalue weighted by molar-refractivity contribution is -0.133. The number of thioether (sulfide) groups is 1. The van der Waals surface area contributed by atoms with Gasteiger partial charge in [0.2, 0.25) is 5.95 Å². The van der Waals surface area contributed by atoms with Crippen LogP contribution in [0.4, 0.5) is 5.95 Å². The monoisotopic (exact) mass is 318 g/mol. The van der Waals surface area contributed by atoms with Crippen LogP contribution in [-0.4, -0.2) is 31.6 Å². The number of carboxylic acid groups (broad SMARTS) is 1. The number of hydrogen-bond donors (Lipinski definition) is 2. The molecule has 0 amide bonds. The van der Waals surface area contributed by atoms with E-state index >= 15 is 0 Å². The summed E-state index contributed by atoms with van der Waals surface area (Å²) >= 11 is 13.2. The van der Waals surface area contributed by atoms with Crippen molar-refractivity contribution in [3.8, 4) is 5.69 Å². The van der Waals surface area contributed by atoms with Gasteiger partial charge in [0.1, 0.15) is 0 Å². The third-order valence-electron chi connectivity index (χ3n) is 2.14. The molecule has 0 atom stereocenters. The van der Waals surface area contributed by atoms with E-state index in [9.17, 15) is 4.79 Å². The van der Waals surface area contributed by atoms with Crippen molar-refractivity contribution in [3.63, 3.8) is 0 Å². The highest BCUT2D eigenvalue weighted by molar-refractivity contribution is 7.99. The lowest BCUT2D eigenvalue weighted by Crippen LogP contribution is -2.05. The summed E-state index contributed by atoms with van der Waals surface area (Å²) in [6.45, 7) is 0. The lowest BCUT2D eigenvalue weighted by Gasteiger charge is -2.10. The molecule has 0 bridgehead atoms. The zero-order chi connectivity index (χ0) is 14.0. The number of halogens is 2. The first kappa shape index (κ1) is 14.0. The Bertz CT molecular complexity index is 612. The highest BCUT2D eigenvalue weighted by Crippen LogP contribution is 2.33. The molecule has 100 valence electrons. The maximum atomic E-state index is 10.6. The average molecular weight is 319 g/mol. The second-order valence-electron chi connectivity index (χ2n) is 3.43. The summed E-state index contributed by atoms with van der Waals surface area (Å²) in [6, 6.07) is 4.99. The second kappa shape index (κ2) is 5.68. The van der Waals surface area contributed by atoms with Gasteiger partial charge in [0.15, 0.2) is 5.16 Å². The van der Waals surface area contributed by atoms with E-state index in [1.54, 1.807) is 18.2 Å². The lowest BCUT2D eigenvalue weighted by atomic mass is 10.3. The number of rotatable bonds is 4. The van der Waals surface area contributed by atoms with Crippen molar-refractivity contribution in [2.24, 2.45) is 0 Å². The van der Waals surface area contributed by atoms with Crippen LogP contribution < -0.4 is 5.73 Å². The number of aromatic nitrogens is 3. The maximum Gasteiger partial charge on any atom is 0.313 e. The smallest absolute Gasteiger partial charge is 0.313 e. The zero-order valence-electron chi connectivity index (χ0n) is 9.38. The number of nitrogen functional groups attached to an aromatic ring is 1. The van der Waals surface area contributed by atoms with E-state index in [0.29, 0.717) is 20.9 Å². The zero-order valence-corrected chi connectivity index (χ0v) is 11.7. The van der Waals surface area contributed by atoms with Crippen molar-refractivity contribution in [2.45, 2.75) is 5.16 Å². The Hall–Kier alpha value is -1.44. The molecule has 0 aliphatic rings. The van der Waals surface area contributed by atoms with Gasteiger partial charge >= 0.3 is 5.97 Å². The van der Waals surface area contributed by atoms with E-state index in [-0.39, 0.29) is 11.7 Å². The molecule has 1 heterocycles. The quantitative estimate of drug-likeness (QED) is 0.840. The van der Waals surface area contributed by atoms with Crippen molar-refractivity contribution in [2.75, 3.05) is 11.5 Å². The minimum absolute atomic E-state index is 0.0860. The Balaban J connectivity index is 2.49. The molecule has 0 saturated heterocycles. The van der Waals surface area contributed by atoms with Gasteiger partial charge in [-0.05, 0) is 12.1 Å². The second-order valence-corrected chi connectivity index (χ2v) is 5.19. The number of carboxylic acids is 1. The van der Waals surface area contributed by atoms with Crippen LogP contribution in [0, 0.1) is 0 Å². The number of anilines is 1. The molecule has 19 heavy (non-hydrogen) atoms. The number of nitrogens with two attached hydrogens (primary N) is 1. The molecular formula is C10H8Cl2N4O2S. The van der Waals surface area contributed by atoms with Crippen molar-refractivity contribution in [1.82, 2.24) is 14.8 Å². The van der Waals surface area contributed by atoms with Crippen LogP contribution in [0.3, 0.4) is 0 Å². The van der Waals surface area contributed by atoms with Crippen molar-refractivity contribution < 1.29 is 9.90 Å². The van der Waals surface area contributed by atoms with Gasteiger partial charge in [-0.1, -0.05) is 41.0 Å². The SMILES string of the molecule is Nc1nnc(SCC(=O)O)n1-c1c(Cl)cccc1Cl. The van der Waals surface area contributed by atoms with E-state index in [2.05, 4.69) is 10.2 Å². The van der Waals surface area contributed by atoms with Crippen molar-refractivity contribution in [1.29, 1.82) is 0 Å². The molecule has 0 fully saturated rings. The van der Waals surface area contributed by atoms with Crippen LogP contribution in [0.15, 0.2) is 23.4 Å². The van der Waals surface area contributed by atoms with Gasteiger partial charge in [-0.3, -0.25) is 9.36 Å². The van der Waals surface area contributed by atoms with Gasteiger partial charge in [0.25, 0.3) is 0 Å². The predicted molar refractivity (Wildman–Crippen MR) is 74.2 cm³/mol. The Labute approximate surface area is 122 Å². The maximum absolute atomic E-state index is 10.6. The van der Waals surface area contributed by atoms with Crippen molar-refractivity contribution >= 4 is 46.9 Å². The largest absolute Gasteiger partial charge is 0.481 e. The van der Waals surface area contributed by atoms with Gasteiger partial charge in [0.05, 0.1) is 21.5 Å². The molecule has 3 N–H and O–H groups in total. The number of para-hydroxylation sites is 1. The van der Waals surface area contributed by atoms with Crippen LogP contribution in [0.25, 0.3) is 5.69 Å². The molecule has 0 spiro atoms. The number of aliphatic carboxylic acids is 1. The van der Waals surface area contributed by atoms with Crippen LogP contribution >= 0.6 is 35.0 Å². The first-order chi connectivity index (χ1) is 9.00. The molecule has 9 heteroatoms. The molecule has 0 unspecified atom stereocenters. The Morgan fingerprint density at radius 3 is 2.58 bits per heavy atom. The molecule has 0 aliphatic carbocycles. The Morgan fingerprint density at radius 2 is 2.00 bits per heavy atom. The van der Waals surface area contributed by atoms with Crippen LogP contribution in [0.2, 0.25) is 10.0 Å². The molecular weight excluding hydrogens is 311 g/mol. The van der Waals surface area contributed by atoms with E-state index in [0.717, 1.165) is 11.8 Å². The summed E-state index contributed by atoms with van der Waals surface area (Å²) in [5, 5.41) is 17.3. The first-order valence-electron chi connectivity index (χ1n) is 5.00. The molecule has 0 radical (unpaired) electrons. The summed E-state index contributed by atoms with van der Waals surface area (Å²) < 4.78 is 1.43. The number of benzene rings is 1. The molecule has 0 saturated carbocycles. The molecule has 0 aliphatic heterocycles. The van der Waals surface area contributed by atoms with Crippen LogP contribution in [0.1, 0.15) is 0 Å². The highest BCUT2D eigenvalue weighted by Gasteiger charge is 2.18. The highest BCUT2D eigenvalue weighted by atomic mass is 35.5. The van der Waals surface area contributed by atoms with E-state index in [1.165, 1.54) is 4.57 Å². The van der Waals surface area contributed by atoms with E-state index < -0.39 is 5.97 Å². The molecule has 1 aromatic carbocycles. The summed E-state index contributed by atoms with van der Waals surface area (Å²) in [5.41, 5.74) is 6.16.